The Bertz CT molecular complexity index is 667. The van der Waals surface area contributed by atoms with Crippen LogP contribution >= 0.6 is 0 Å². The number of amides is 1. The lowest BCUT2D eigenvalue weighted by Crippen LogP contribution is -2.22. The number of fused-ring (bicyclic) bond motifs is 1. The van der Waals surface area contributed by atoms with E-state index in [1.54, 1.807) is 19.2 Å². The van der Waals surface area contributed by atoms with Crippen molar-refractivity contribution in [2.24, 2.45) is 0 Å². The number of nitrogens with one attached hydrogen (secondary N) is 1. The van der Waals surface area contributed by atoms with Crippen LogP contribution in [-0.2, 0) is 17.9 Å². The zero-order valence-electron chi connectivity index (χ0n) is 12.3. The number of hydrogen-bond acceptors (Lipinski definition) is 4. The van der Waals surface area contributed by atoms with Crippen molar-refractivity contribution in [3.05, 3.63) is 59.2 Å². The first-order valence-electron chi connectivity index (χ1n) is 7.01. The number of carbonyl (C=O) groups excluding carboxylic acids is 1. The lowest BCUT2D eigenvalue weighted by atomic mass is 10.1. The maximum atomic E-state index is 12.1. The fourth-order valence-corrected chi connectivity index (χ4v) is 2.25. The zero-order chi connectivity index (χ0) is 15.4. The standard InChI is InChI=1S/C17H17NO4/c1-20-10-12-2-5-14(6-3-12)17(19)18-9-13-4-7-15-16(8-13)22-11-21-15/h2-8H,9-11H2,1H3,(H,18,19). The molecule has 0 saturated carbocycles. The van der Waals surface area contributed by atoms with Crippen molar-refractivity contribution >= 4 is 5.91 Å². The number of benzene rings is 2. The van der Waals surface area contributed by atoms with Gasteiger partial charge in [-0.1, -0.05) is 18.2 Å². The molecule has 2 aromatic rings. The average molecular weight is 299 g/mol. The molecule has 0 spiro atoms. The molecule has 0 bridgehead atoms. The van der Waals surface area contributed by atoms with Gasteiger partial charge >= 0.3 is 0 Å². The van der Waals surface area contributed by atoms with Crippen LogP contribution in [0.5, 0.6) is 11.5 Å². The van der Waals surface area contributed by atoms with E-state index in [1.807, 2.05) is 30.3 Å². The van der Waals surface area contributed by atoms with Crippen LogP contribution in [-0.4, -0.2) is 19.8 Å². The predicted molar refractivity (Wildman–Crippen MR) is 80.9 cm³/mol. The largest absolute Gasteiger partial charge is 0.454 e. The predicted octanol–water partition coefficient (Wildman–Crippen LogP) is 2.49. The van der Waals surface area contributed by atoms with E-state index in [2.05, 4.69) is 5.32 Å². The molecule has 1 amide bonds. The summed E-state index contributed by atoms with van der Waals surface area (Å²) in [4.78, 5) is 12.1. The minimum atomic E-state index is -0.110. The van der Waals surface area contributed by atoms with Crippen molar-refractivity contribution in [3.8, 4) is 11.5 Å². The van der Waals surface area contributed by atoms with Crippen LogP contribution in [0.2, 0.25) is 0 Å². The molecule has 0 unspecified atom stereocenters. The second kappa shape index (κ2) is 6.49. The summed E-state index contributed by atoms with van der Waals surface area (Å²) >= 11 is 0. The number of carbonyl (C=O) groups is 1. The van der Waals surface area contributed by atoms with Crippen LogP contribution < -0.4 is 14.8 Å². The molecule has 1 aliphatic heterocycles. The van der Waals surface area contributed by atoms with Gasteiger partial charge in [-0.15, -0.1) is 0 Å². The van der Waals surface area contributed by atoms with Crippen molar-refractivity contribution in [1.29, 1.82) is 0 Å². The molecule has 0 aromatic heterocycles. The highest BCUT2D eigenvalue weighted by Gasteiger charge is 2.13. The van der Waals surface area contributed by atoms with E-state index in [1.165, 1.54) is 0 Å². The van der Waals surface area contributed by atoms with Gasteiger partial charge in [0.15, 0.2) is 11.5 Å². The molecule has 22 heavy (non-hydrogen) atoms. The van der Waals surface area contributed by atoms with Crippen LogP contribution in [0.25, 0.3) is 0 Å². The maximum Gasteiger partial charge on any atom is 0.251 e. The number of rotatable bonds is 5. The van der Waals surface area contributed by atoms with Gasteiger partial charge in [0.2, 0.25) is 6.79 Å². The minimum absolute atomic E-state index is 0.110. The molecule has 0 aliphatic carbocycles. The first-order valence-corrected chi connectivity index (χ1v) is 7.01. The molecular weight excluding hydrogens is 282 g/mol. The molecule has 0 radical (unpaired) electrons. The summed E-state index contributed by atoms with van der Waals surface area (Å²) in [5.41, 5.74) is 2.63. The van der Waals surface area contributed by atoms with Crippen molar-refractivity contribution in [2.45, 2.75) is 13.2 Å². The smallest absolute Gasteiger partial charge is 0.251 e. The van der Waals surface area contributed by atoms with E-state index in [0.29, 0.717) is 18.7 Å². The molecule has 2 aromatic carbocycles. The van der Waals surface area contributed by atoms with Gasteiger partial charge in [0.05, 0.1) is 6.61 Å². The Kier molecular flexibility index (Phi) is 4.25. The molecule has 114 valence electrons. The van der Waals surface area contributed by atoms with Gasteiger partial charge in [0.1, 0.15) is 0 Å². The molecule has 1 heterocycles. The quantitative estimate of drug-likeness (QED) is 0.921. The van der Waals surface area contributed by atoms with Gasteiger partial charge in [-0.25, -0.2) is 0 Å². The van der Waals surface area contributed by atoms with Crippen LogP contribution in [0.1, 0.15) is 21.5 Å². The SMILES string of the molecule is COCc1ccc(C(=O)NCc2ccc3c(c2)OCO3)cc1. The van der Waals surface area contributed by atoms with Gasteiger partial charge in [0.25, 0.3) is 5.91 Å². The molecule has 1 N–H and O–H groups in total. The summed E-state index contributed by atoms with van der Waals surface area (Å²) in [7, 11) is 1.64. The summed E-state index contributed by atoms with van der Waals surface area (Å²) in [6.07, 6.45) is 0. The van der Waals surface area contributed by atoms with Gasteiger partial charge in [-0.3, -0.25) is 4.79 Å². The highest BCUT2D eigenvalue weighted by Crippen LogP contribution is 2.32. The number of methoxy groups -OCH3 is 1. The van der Waals surface area contributed by atoms with E-state index in [4.69, 9.17) is 14.2 Å². The Morgan fingerprint density at radius 3 is 2.59 bits per heavy atom. The summed E-state index contributed by atoms with van der Waals surface area (Å²) in [5.74, 6) is 1.35. The fraction of sp³-hybridized carbons (Fsp3) is 0.235. The summed E-state index contributed by atoms with van der Waals surface area (Å²) < 4.78 is 15.6. The normalized spacial score (nSPS) is 12.2. The second-order valence-corrected chi connectivity index (χ2v) is 5.00. The first kappa shape index (κ1) is 14.4. The Hall–Kier alpha value is -2.53. The zero-order valence-corrected chi connectivity index (χ0v) is 12.3. The van der Waals surface area contributed by atoms with Crippen LogP contribution in [0, 0.1) is 0 Å². The van der Waals surface area contributed by atoms with Crippen molar-refractivity contribution in [2.75, 3.05) is 13.9 Å². The average Bonchev–Trinajstić information content (AvgIpc) is 3.01. The molecule has 5 nitrogen and oxygen atoms in total. The molecule has 0 fully saturated rings. The second-order valence-electron chi connectivity index (χ2n) is 5.00. The third kappa shape index (κ3) is 3.20. The Labute approximate surface area is 128 Å². The molecule has 1 aliphatic rings. The highest BCUT2D eigenvalue weighted by atomic mass is 16.7. The minimum Gasteiger partial charge on any atom is -0.454 e. The number of ether oxygens (including phenoxy) is 3. The lowest BCUT2D eigenvalue weighted by molar-refractivity contribution is 0.0950. The molecule has 3 rings (SSSR count). The molecular formula is C17H17NO4. The van der Waals surface area contributed by atoms with Crippen molar-refractivity contribution < 1.29 is 19.0 Å². The summed E-state index contributed by atoms with van der Waals surface area (Å²) in [6, 6.07) is 13.0. The monoisotopic (exact) mass is 299 g/mol. The van der Waals surface area contributed by atoms with Crippen LogP contribution in [0.3, 0.4) is 0 Å². The fourth-order valence-electron chi connectivity index (χ4n) is 2.25. The Balaban J connectivity index is 1.60. The number of hydrogen-bond donors (Lipinski definition) is 1. The Morgan fingerprint density at radius 2 is 1.82 bits per heavy atom. The molecule has 0 saturated heterocycles. The van der Waals surface area contributed by atoms with Gasteiger partial charge < -0.3 is 19.5 Å². The maximum absolute atomic E-state index is 12.1. The Morgan fingerprint density at radius 1 is 1.09 bits per heavy atom. The summed E-state index contributed by atoms with van der Waals surface area (Å²) in [6.45, 7) is 1.23. The molecule has 5 heteroatoms. The third-order valence-electron chi connectivity index (χ3n) is 3.42. The lowest BCUT2D eigenvalue weighted by Gasteiger charge is -2.07. The van der Waals surface area contributed by atoms with E-state index < -0.39 is 0 Å². The van der Waals surface area contributed by atoms with Crippen molar-refractivity contribution in [3.63, 3.8) is 0 Å². The first-order chi connectivity index (χ1) is 10.8. The topological polar surface area (TPSA) is 56.8 Å². The van der Waals surface area contributed by atoms with E-state index in [9.17, 15) is 4.79 Å². The van der Waals surface area contributed by atoms with E-state index in [0.717, 1.165) is 22.6 Å². The highest BCUT2D eigenvalue weighted by molar-refractivity contribution is 5.94. The van der Waals surface area contributed by atoms with Crippen LogP contribution in [0.4, 0.5) is 0 Å². The molecule has 0 atom stereocenters. The van der Waals surface area contributed by atoms with Gasteiger partial charge in [-0.05, 0) is 35.4 Å². The van der Waals surface area contributed by atoms with Crippen LogP contribution in [0.15, 0.2) is 42.5 Å². The third-order valence-corrected chi connectivity index (χ3v) is 3.42. The van der Waals surface area contributed by atoms with Gasteiger partial charge in [0, 0.05) is 19.2 Å². The van der Waals surface area contributed by atoms with E-state index in [-0.39, 0.29) is 12.7 Å². The van der Waals surface area contributed by atoms with Gasteiger partial charge in [-0.2, -0.15) is 0 Å². The van der Waals surface area contributed by atoms with E-state index >= 15 is 0 Å². The van der Waals surface area contributed by atoms with Crippen molar-refractivity contribution in [1.82, 2.24) is 5.32 Å². The summed E-state index contributed by atoms with van der Waals surface area (Å²) in [5, 5.41) is 2.89.